The van der Waals surface area contributed by atoms with Crippen LogP contribution in [0.25, 0.3) is 0 Å². The molecule has 1 rings (SSSR count). The average molecular weight is 281 g/mol. The van der Waals surface area contributed by atoms with E-state index in [0.717, 1.165) is 25.3 Å². The van der Waals surface area contributed by atoms with Crippen LogP contribution in [-0.2, 0) is 11.2 Å². The predicted octanol–water partition coefficient (Wildman–Crippen LogP) is 1.86. The Kier molecular flexibility index (Phi) is 8.26. The fraction of sp³-hybridized carbons (Fsp3) is 0.625. The first kappa shape index (κ1) is 17.0. The van der Waals surface area contributed by atoms with Gasteiger partial charge in [-0.1, -0.05) is 26.0 Å². The quantitative estimate of drug-likeness (QED) is 0.687. The van der Waals surface area contributed by atoms with Crippen LogP contribution >= 0.6 is 0 Å². The molecule has 1 atom stereocenters. The fourth-order valence-electron chi connectivity index (χ4n) is 1.76. The monoisotopic (exact) mass is 281 g/mol. The zero-order valence-corrected chi connectivity index (χ0v) is 12.8. The fourth-order valence-corrected chi connectivity index (χ4v) is 1.76. The molecule has 1 unspecified atom stereocenters. The molecular formula is C16H27NO3. The smallest absolute Gasteiger partial charge is 0.119 e. The number of rotatable bonds is 10. The van der Waals surface area contributed by atoms with Crippen LogP contribution in [0.3, 0.4) is 0 Å². The molecule has 0 aromatic heterocycles. The third-order valence-electron chi connectivity index (χ3n) is 2.89. The Balaban J connectivity index is 2.23. The lowest BCUT2D eigenvalue weighted by Gasteiger charge is -2.14. The lowest BCUT2D eigenvalue weighted by Crippen LogP contribution is -2.33. The van der Waals surface area contributed by atoms with Gasteiger partial charge in [0, 0.05) is 13.7 Å². The standard InChI is InChI=1S/C16H27NO3/c1-13(2)10-17-11-15(18)12-20-16-6-4-14(5-7-16)8-9-19-3/h4-7,13,15,17-18H,8-12H2,1-3H3. The molecule has 0 saturated carbocycles. The van der Waals surface area contributed by atoms with Crippen molar-refractivity contribution in [2.24, 2.45) is 5.92 Å². The summed E-state index contributed by atoms with van der Waals surface area (Å²) >= 11 is 0. The van der Waals surface area contributed by atoms with Crippen LogP contribution in [0, 0.1) is 5.92 Å². The molecule has 0 saturated heterocycles. The molecule has 0 radical (unpaired) electrons. The van der Waals surface area contributed by atoms with Crippen LogP contribution in [0.5, 0.6) is 5.75 Å². The van der Waals surface area contributed by atoms with Gasteiger partial charge < -0.3 is 19.9 Å². The maximum atomic E-state index is 9.79. The topological polar surface area (TPSA) is 50.7 Å². The van der Waals surface area contributed by atoms with E-state index in [1.54, 1.807) is 7.11 Å². The van der Waals surface area contributed by atoms with E-state index in [9.17, 15) is 5.11 Å². The second-order valence-corrected chi connectivity index (χ2v) is 5.40. The molecule has 114 valence electrons. The molecule has 0 aliphatic rings. The van der Waals surface area contributed by atoms with Gasteiger partial charge >= 0.3 is 0 Å². The van der Waals surface area contributed by atoms with Gasteiger partial charge in [0.05, 0.1) is 6.61 Å². The number of benzene rings is 1. The summed E-state index contributed by atoms with van der Waals surface area (Å²) in [5, 5.41) is 13.0. The Morgan fingerprint density at radius 1 is 1.15 bits per heavy atom. The van der Waals surface area contributed by atoms with Crippen molar-refractivity contribution < 1.29 is 14.6 Å². The maximum absolute atomic E-state index is 9.79. The second-order valence-electron chi connectivity index (χ2n) is 5.40. The van der Waals surface area contributed by atoms with Crippen LogP contribution in [-0.4, -0.2) is 44.6 Å². The molecule has 1 aromatic rings. The minimum Gasteiger partial charge on any atom is -0.491 e. The van der Waals surface area contributed by atoms with E-state index in [1.165, 1.54) is 5.56 Å². The summed E-state index contributed by atoms with van der Waals surface area (Å²) in [4.78, 5) is 0. The first-order chi connectivity index (χ1) is 9.61. The summed E-state index contributed by atoms with van der Waals surface area (Å²) in [5.41, 5.74) is 1.22. The van der Waals surface area contributed by atoms with Gasteiger partial charge in [-0.2, -0.15) is 0 Å². The molecule has 0 aliphatic carbocycles. The van der Waals surface area contributed by atoms with Gasteiger partial charge in [0.2, 0.25) is 0 Å². The first-order valence-electron chi connectivity index (χ1n) is 7.21. The predicted molar refractivity (Wildman–Crippen MR) is 81.2 cm³/mol. The number of hydrogen-bond donors (Lipinski definition) is 2. The maximum Gasteiger partial charge on any atom is 0.119 e. The summed E-state index contributed by atoms with van der Waals surface area (Å²) in [6.45, 7) is 6.78. The highest BCUT2D eigenvalue weighted by Crippen LogP contribution is 2.12. The van der Waals surface area contributed by atoms with Crippen molar-refractivity contribution in [2.75, 3.05) is 33.4 Å². The van der Waals surface area contributed by atoms with Crippen LogP contribution in [0.15, 0.2) is 24.3 Å². The molecule has 2 N–H and O–H groups in total. The Labute approximate surface area is 122 Å². The number of ether oxygens (including phenoxy) is 2. The number of nitrogens with one attached hydrogen (secondary N) is 1. The summed E-state index contributed by atoms with van der Waals surface area (Å²) in [6.07, 6.45) is 0.417. The summed E-state index contributed by atoms with van der Waals surface area (Å²) in [7, 11) is 1.70. The molecule has 4 heteroatoms. The third kappa shape index (κ3) is 7.48. The number of methoxy groups -OCH3 is 1. The van der Waals surface area contributed by atoms with Gasteiger partial charge in [0.15, 0.2) is 0 Å². The van der Waals surface area contributed by atoms with Gasteiger partial charge in [0.25, 0.3) is 0 Å². The van der Waals surface area contributed by atoms with E-state index >= 15 is 0 Å². The molecule has 0 fully saturated rings. The molecule has 0 heterocycles. The normalized spacial score (nSPS) is 12.7. The van der Waals surface area contributed by atoms with E-state index in [2.05, 4.69) is 19.2 Å². The molecule has 20 heavy (non-hydrogen) atoms. The van der Waals surface area contributed by atoms with Crippen molar-refractivity contribution in [2.45, 2.75) is 26.4 Å². The second kappa shape index (κ2) is 9.75. The van der Waals surface area contributed by atoms with Gasteiger partial charge in [-0.3, -0.25) is 0 Å². The van der Waals surface area contributed by atoms with Gasteiger partial charge in [-0.05, 0) is 36.6 Å². The van der Waals surface area contributed by atoms with Crippen molar-refractivity contribution in [3.8, 4) is 5.75 Å². The minimum atomic E-state index is -0.484. The molecular weight excluding hydrogens is 254 g/mol. The molecule has 1 aromatic carbocycles. The van der Waals surface area contributed by atoms with Crippen molar-refractivity contribution in [1.82, 2.24) is 5.32 Å². The number of hydrogen-bond acceptors (Lipinski definition) is 4. The Morgan fingerprint density at radius 3 is 2.45 bits per heavy atom. The first-order valence-corrected chi connectivity index (χ1v) is 7.21. The Bertz CT molecular complexity index is 351. The number of aliphatic hydroxyl groups excluding tert-OH is 1. The highest BCUT2D eigenvalue weighted by atomic mass is 16.5. The lowest BCUT2D eigenvalue weighted by atomic mass is 10.1. The van der Waals surface area contributed by atoms with Crippen molar-refractivity contribution in [3.05, 3.63) is 29.8 Å². The highest BCUT2D eigenvalue weighted by molar-refractivity contribution is 5.27. The Hall–Kier alpha value is -1.10. The highest BCUT2D eigenvalue weighted by Gasteiger charge is 2.05. The van der Waals surface area contributed by atoms with Gasteiger partial charge in [-0.25, -0.2) is 0 Å². The molecule has 4 nitrogen and oxygen atoms in total. The van der Waals surface area contributed by atoms with Crippen LogP contribution in [0.1, 0.15) is 19.4 Å². The average Bonchev–Trinajstić information content (AvgIpc) is 2.43. The molecule has 0 amide bonds. The van der Waals surface area contributed by atoms with E-state index in [-0.39, 0.29) is 0 Å². The Morgan fingerprint density at radius 2 is 1.85 bits per heavy atom. The van der Waals surface area contributed by atoms with Crippen LogP contribution in [0.2, 0.25) is 0 Å². The van der Waals surface area contributed by atoms with Crippen LogP contribution < -0.4 is 10.1 Å². The zero-order valence-electron chi connectivity index (χ0n) is 12.8. The van der Waals surface area contributed by atoms with Crippen molar-refractivity contribution in [3.63, 3.8) is 0 Å². The van der Waals surface area contributed by atoms with Crippen molar-refractivity contribution >= 4 is 0 Å². The van der Waals surface area contributed by atoms with Crippen molar-refractivity contribution in [1.29, 1.82) is 0 Å². The molecule has 0 spiro atoms. The molecule has 0 bridgehead atoms. The lowest BCUT2D eigenvalue weighted by molar-refractivity contribution is 0.106. The minimum absolute atomic E-state index is 0.308. The van der Waals surface area contributed by atoms with E-state index < -0.39 is 6.10 Å². The summed E-state index contributed by atoms with van der Waals surface area (Å²) in [6, 6.07) is 7.91. The largest absolute Gasteiger partial charge is 0.491 e. The van der Waals surface area contributed by atoms with Crippen LogP contribution in [0.4, 0.5) is 0 Å². The SMILES string of the molecule is COCCc1ccc(OCC(O)CNCC(C)C)cc1. The van der Waals surface area contributed by atoms with E-state index in [1.807, 2.05) is 24.3 Å². The zero-order chi connectivity index (χ0) is 14.8. The summed E-state index contributed by atoms with van der Waals surface area (Å²) < 4.78 is 10.6. The van der Waals surface area contributed by atoms with Gasteiger partial charge in [0.1, 0.15) is 18.5 Å². The third-order valence-corrected chi connectivity index (χ3v) is 2.89. The van der Waals surface area contributed by atoms with Gasteiger partial charge in [-0.15, -0.1) is 0 Å². The summed E-state index contributed by atoms with van der Waals surface area (Å²) in [5.74, 6) is 1.37. The molecule has 0 aliphatic heterocycles. The van der Waals surface area contributed by atoms with E-state index in [4.69, 9.17) is 9.47 Å². The van der Waals surface area contributed by atoms with E-state index in [0.29, 0.717) is 19.1 Å². The number of aliphatic hydroxyl groups is 1.